The molecule has 0 aliphatic carbocycles. The van der Waals surface area contributed by atoms with Gasteiger partial charge < -0.3 is 18.9 Å². The van der Waals surface area contributed by atoms with E-state index in [4.69, 9.17) is 18.9 Å². The van der Waals surface area contributed by atoms with Crippen LogP contribution in [0.25, 0.3) is 0 Å². The van der Waals surface area contributed by atoms with Crippen molar-refractivity contribution in [3.63, 3.8) is 0 Å². The summed E-state index contributed by atoms with van der Waals surface area (Å²) in [6.45, 7) is 2.01. The van der Waals surface area contributed by atoms with Gasteiger partial charge in [-0.15, -0.1) is 0 Å². The molecule has 2 heterocycles. The molecule has 0 saturated carbocycles. The fourth-order valence-corrected chi connectivity index (χ4v) is 1.75. The lowest BCUT2D eigenvalue weighted by atomic mass is 10.1. The first kappa shape index (κ1) is 8.44. The first-order valence-electron chi connectivity index (χ1n) is 4.30. The quantitative estimate of drug-likeness (QED) is 0.580. The molecule has 0 bridgehead atoms. The van der Waals surface area contributed by atoms with E-state index in [1.165, 1.54) is 0 Å². The van der Waals surface area contributed by atoms with E-state index in [9.17, 15) is 0 Å². The van der Waals surface area contributed by atoms with Crippen molar-refractivity contribution in [1.29, 1.82) is 0 Å². The first-order valence-corrected chi connectivity index (χ1v) is 4.30. The molecule has 1 unspecified atom stereocenters. The van der Waals surface area contributed by atoms with Gasteiger partial charge in [0.2, 0.25) is 12.1 Å². The van der Waals surface area contributed by atoms with Gasteiger partial charge in [-0.2, -0.15) is 0 Å². The summed E-state index contributed by atoms with van der Waals surface area (Å²) < 4.78 is 21.6. The highest BCUT2D eigenvalue weighted by molar-refractivity contribution is 4.81. The van der Waals surface area contributed by atoms with Crippen LogP contribution in [0.2, 0.25) is 0 Å². The Hall–Kier alpha value is -0.160. The highest BCUT2D eigenvalue weighted by Gasteiger charge is 2.47. The van der Waals surface area contributed by atoms with Crippen molar-refractivity contribution in [2.75, 3.05) is 26.9 Å². The van der Waals surface area contributed by atoms with Crippen molar-refractivity contribution in [3.8, 4) is 0 Å². The van der Waals surface area contributed by atoms with Crippen molar-refractivity contribution in [3.05, 3.63) is 0 Å². The van der Waals surface area contributed by atoms with Crippen LogP contribution in [0, 0.1) is 0 Å². The summed E-state index contributed by atoms with van der Waals surface area (Å²) in [5, 5.41) is 0. The molecule has 0 radical (unpaired) electrons. The van der Waals surface area contributed by atoms with E-state index in [2.05, 4.69) is 0 Å². The number of rotatable bonds is 1. The Labute approximate surface area is 71.7 Å². The minimum absolute atomic E-state index is 0.353. The Morgan fingerprint density at radius 2 is 2.00 bits per heavy atom. The average Bonchev–Trinajstić information content (AvgIpc) is 2.55. The van der Waals surface area contributed by atoms with Crippen LogP contribution < -0.4 is 0 Å². The number of methoxy groups -OCH3 is 1. The smallest absolute Gasteiger partial charge is 0.220 e. The van der Waals surface area contributed by atoms with Crippen LogP contribution >= 0.6 is 0 Å². The molecule has 2 saturated heterocycles. The Balaban J connectivity index is 2.07. The predicted octanol–water partition coefficient (Wildman–Crippen LogP) is 0.512. The van der Waals surface area contributed by atoms with E-state index in [0.29, 0.717) is 13.2 Å². The van der Waals surface area contributed by atoms with Crippen molar-refractivity contribution in [2.45, 2.75) is 24.9 Å². The molecule has 2 fully saturated rings. The van der Waals surface area contributed by atoms with Gasteiger partial charge in [0.1, 0.15) is 0 Å². The second-order valence-electron chi connectivity index (χ2n) is 3.05. The second kappa shape index (κ2) is 3.30. The summed E-state index contributed by atoms with van der Waals surface area (Å²) >= 11 is 0. The zero-order chi connectivity index (χ0) is 8.44. The van der Waals surface area contributed by atoms with Crippen molar-refractivity contribution < 1.29 is 18.9 Å². The van der Waals surface area contributed by atoms with Crippen LogP contribution in [0.15, 0.2) is 0 Å². The topological polar surface area (TPSA) is 36.9 Å². The van der Waals surface area contributed by atoms with E-state index in [-0.39, 0.29) is 6.29 Å². The molecule has 12 heavy (non-hydrogen) atoms. The summed E-state index contributed by atoms with van der Waals surface area (Å²) in [7, 11) is 1.61. The van der Waals surface area contributed by atoms with Gasteiger partial charge in [0.05, 0.1) is 19.8 Å². The lowest BCUT2D eigenvalue weighted by Gasteiger charge is -2.37. The van der Waals surface area contributed by atoms with Gasteiger partial charge in [-0.25, -0.2) is 0 Å². The van der Waals surface area contributed by atoms with Crippen molar-refractivity contribution >= 4 is 0 Å². The minimum atomic E-state index is -0.604. The molecule has 1 spiro atoms. The van der Waals surface area contributed by atoms with Crippen LogP contribution in [0.1, 0.15) is 12.8 Å². The molecule has 0 amide bonds. The van der Waals surface area contributed by atoms with E-state index in [0.717, 1.165) is 19.4 Å². The number of hydrogen-bond acceptors (Lipinski definition) is 4. The molecule has 70 valence electrons. The number of hydrogen-bond donors (Lipinski definition) is 0. The molecule has 2 aliphatic rings. The maximum atomic E-state index is 5.51. The molecule has 4 heteroatoms. The Morgan fingerprint density at radius 3 is 2.67 bits per heavy atom. The van der Waals surface area contributed by atoms with Gasteiger partial charge in [0, 0.05) is 13.5 Å². The third kappa shape index (κ3) is 1.25. The summed E-state index contributed by atoms with van der Waals surface area (Å²) in [6, 6.07) is 0. The third-order valence-electron chi connectivity index (χ3n) is 2.29. The van der Waals surface area contributed by atoms with Crippen LogP contribution in [-0.2, 0) is 18.9 Å². The van der Waals surface area contributed by atoms with E-state index >= 15 is 0 Å². The van der Waals surface area contributed by atoms with Gasteiger partial charge in [-0.05, 0) is 6.42 Å². The zero-order valence-corrected chi connectivity index (χ0v) is 7.25. The summed E-state index contributed by atoms with van der Waals surface area (Å²) in [4.78, 5) is 0. The highest BCUT2D eigenvalue weighted by atomic mass is 16.8. The Morgan fingerprint density at radius 1 is 1.25 bits per heavy atom. The SMILES string of the molecule is COC1OCCCC12OCCO2. The molecule has 0 aromatic rings. The van der Waals surface area contributed by atoms with Gasteiger partial charge in [-0.3, -0.25) is 0 Å². The maximum absolute atomic E-state index is 5.51. The number of ether oxygens (including phenoxy) is 4. The summed E-state index contributed by atoms with van der Waals surface area (Å²) in [6.07, 6.45) is 1.49. The van der Waals surface area contributed by atoms with Crippen LogP contribution in [0.4, 0.5) is 0 Å². The van der Waals surface area contributed by atoms with Gasteiger partial charge in [-0.1, -0.05) is 0 Å². The average molecular weight is 174 g/mol. The predicted molar refractivity (Wildman–Crippen MR) is 40.6 cm³/mol. The highest BCUT2D eigenvalue weighted by Crippen LogP contribution is 2.34. The van der Waals surface area contributed by atoms with Crippen molar-refractivity contribution in [2.24, 2.45) is 0 Å². The largest absolute Gasteiger partial charge is 0.351 e. The van der Waals surface area contributed by atoms with E-state index < -0.39 is 5.79 Å². The fraction of sp³-hybridized carbons (Fsp3) is 1.00. The molecule has 4 nitrogen and oxygen atoms in total. The molecule has 0 aromatic heterocycles. The normalized spacial score (nSPS) is 34.2. The monoisotopic (exact) mass is 174 g/mol. The van der Waals surface area contributed by atoms with Crippen LogP contribution in [-0.4, -0.2) is 39.0 Å². The molecule has 2 rings (SSSR count). The molecular formula is C8H14O4. The summed E-state index contributed by atoms with van der Waals surface area (Å²) in [5.41, 5.74) is 0. The molecular weight excluding hydrogens is 160 g/mol. The first-order chi connectivity index (χ1) is 5.87. The van der Waals surface area contributed by atoms with E-state index in [1.54, 1.807) is 7.11 Å². The molecule has 0 aromatic carbocycles. The van der Waals surface area contributed by atoms with Gasteiger partial charge >= 0.3 is 0 Å². The van der Waals surface area contributed by atoms with Gasteiger partial charge in [0.15, 0.2) is 0 Å². The minimum Gasteiger partial charge on any atom is -0.351 e. The summed E-state index contributed by atoms with van der Waals surface area (Å²) in [5.74, 6) is -0.604. The van der Waals surface area contributed by atoms with Gasteiger partial charge in [0.25, 0.3) is 0 Å². The standard InChI is InChI=1S/C8H14O4/c1-9-7-8(3-2-4-10-7)11-5-6-12-8/h7H,2-6H2,1H3. The molecule has 0 N–H and O–H groups in total. The zero-order valence-electron chi connectivity index (χ0n) is 7.25. The Bertz CT molecular complexity index is 153. The molecule has 1 atom stereocenters. The Kier molecular flexibility index (Phi) is 2.32. The fourth-order valence-electron chi connectivity index (χ4n) is 1.75. The lowest BCUT2D eigenvalue weighted by Crippen LogP contribution is -2.49. The second-order valence-corrected chi connectivity index (χ2v) is 3.05. The molecule has 2 aliphatic heterocycles. The van der Waals surface area contributed by atoms with Crippen LogP contribution in [0.5, 0.6) is 0 Å². The maximum Gasteiger partial charge on any atom is 0.220 e. The van der Waals surface area contributed by atoms with Crippen molar-refractivity contribution in [1.82, 2.24) is 0 Å². The third-order valence-corrected chi connectivity index (χ3v) is 2.29. The lowest BCUT2D eigenvalue weighted by molar-refractivity contribution is -0.328. The van der Waals surface area contributed by atoms with Crippen LogP contribution in [0.3, 0.4) is 0 Å². The van der Waals surface area contributed by atoms with E-state index in [1.807, 2.05) is 0 Å².